The summed E-state index contributed by atoms with van der Waals surface area (Å²) in [6.45, 7) is 5.01. The Balaban J connectivity index is 2.35. The van der Waals surface area contributed by atoms with Crippen LogP contribution in [0.25, 0.3) is 0 Å². The molecule has 0 spiro atoms. The van der Waals surface area contributed by atoms with Crippen molar-refractivity contribution in [1.29, 1.82) is 0 Å². The topological polar surface area (TPSA) is 50.9 Å². The van der Waals surface area contributed by atoms with Gasteiger partial charge in [0.05, 0.1) is 0 Å². The molecule has 3 N–H and O–H groups in total. The van der Waals surface area contributed by atoms with E-state index in [0.717, 1.165) is 29.7 Å². The first-order chi connectivity index (χ1) is 7.09. The minimum Gasteiger partial charge on any atom is -0.370 e. The quantitative estimate of drug-likeness (QED) is 0.810. The Bertz CT molecular complexity index is 313. The van der Waals surface area contributed by atoms with Crippen LogP contribution in [0.15, 0.2) is 16.7 Å². The highest BCUT2D eigenvalue weighted by atomic mass is 79.9. The van der Waals surface area contributed by atoms with Crippen molar-refractivity contribution in [2.24, 2.45) is 5.73 Å². The fourth-order valence-electron chi connectivity index (χ4n) is 1.28. The summed E-state index contributed by atoms with van der Waals surface area (Å²) in [5.74, 6) is 0.931. The van der Waals surface area contributed by atoms with E-state index in [4.69, 9.17) is 5.73 Å². The molecule has 0 aliphatic rings. The molecule has 1 heterocycles. The van der Waals surface area contributed by atoms with Crippen molar-refractivity contribution >= 4 is 21.7 Å². The van der Waals surface area contributed by atoms with Crippen LogP contribution in [0.3, 0.4) is 0 Å². The lowest BCUT2D eigenvalue weighted by Crippen LogP contribution is -2.16. The van der Waals surface area contributed by atoms with E-state index < -0.39 is 0 Å². The molecule has 1 aromatic rings. The normalized spacial score (nSPS) is 12.5. The van der Waals surface area contributed by atoms with Crippen molar-refractivity contribution in [2.75, 3.05) is 11.9 Å². The zero-order valence-corrected chi connectivity index (χ0v) is 10.8. The molecular weight excluding hydrogens is 254 g/mol. The van der Waals surface area contributed by atoms with Crippen LogP contribution in [0.4, 0.5) is 5.82 Å². The molecule has 84 valence electrons. The summed E-state index contributed by atoms with van der Waals surface area (Å²) >= 11 is 3.42. The number of nitrogens with two attached hydrogens (primary N) is 1. The van der Waals surface area contributed by atoms with Gasteiger partial charge in [0, 0.05) is 23.3 Å². The second-order valence-electron chi connectivity index (χ2n) is 3.87. The van der Waals surface area contributed by atoms with E-state index in [9.17, 15) is 0 Å². The smallest absolute Gasteiger partial charge is 0.126 e. The fourth-order valence-corrected chi connectivity index (χ4v) is 1.49. The monoisotopic (exact) mass is 271 g/mol. The van der Waals surface area contributed by atoms with Crippen molar-refractivity contribution in [3.63, 3.8) is 0 Å². The Hall–Kier alpha value is -0.610. The van der Waals surface area contributed by atoms with Gasteiger partial charge in [-0.05, 0) is 54.2 Å². The third-order valence-electron chi connectivity index (χ3n) is 2.19. The molecule has 1 aromatic heterocycles. The minimum atomic E-state index is 0.284. The molecule has 0 aliphatic carbocycles. The Morgan fingerprint density at radius 1 is 1.60 bits per heavy atom. The summed E-state index contributed by atoms with van der Waals surface area (Å²) in [4.78, 5) is 4.27. The summed E-state index contributed by atoms with van der Waals surface area (Å²) < 4.78 is 1.05. The molecule has 0 aromatic carbocycles. The van der Waals surface area contributed by atoms with Crippen LogP contribution >= 0.6 is 15.9 Å². The SMILES string of the molecule is Cc1cc(NCCCC(C)N)ncc1Br. The van der Waals surface area contributed by atoms with Gasteiger partial charge in [-0.15, -0.1) is 0 Å². The molecule has 1 rings (SSSR count). The second-order valence-corrected chi connectivity index (χ2v) is 4.72. The Morgan fingerprint density at radius 3 is 2.93 bits per heavy atom. The summed E-state index contributed by atoms with van der Waals surface area (Å²) in [5.41, 5.74) is 6.86. The van der Waals surface area contributed by atoms with Gasteiger partial charge in [0.2, 0.25) is 0 Å². The van der Waals surface area contributed by atoms with E-state index in [0.29, 0.717) is 0 Å². The van der Waals surface area contributed by atoms with Gasteiger partial charge in [-0.25, -0.2) is 4.98 Å². The lowest BCUT2D eigenvalue weighted by Gasteiger charge is -2.08. The molecule has 0 amide bonds. The second kappa shape index (κ2) is 6.08. The van der Waals surface area contributed by atoms with Crippen LogP contribution in [0.1, 0.15) is 25.3 Å². The van der Waals surface area contributed by atoms with Crippen molar-refractivity contribution in [3.05, 3.63) is 22.3 Å². The average Bonchev–Trinajstić information content (AvgIpc) is 2.18. The lowest BCUT2D eigenvalue weighted by atomic mass is 10.2. The lowest BCUT2D eigenvalue weighted by molar-refractivity contribution is 0.639. The van der Waals surface area contributed by atoms with Gasteiger partial charge in [0.25, 0.3) is 0 Å². The number of pyridine rings is 1. The summed E-state index contributed by atoms with van der Waals surface area (Å²) in [6, 6.07) is 2.32. The van der Waals surface area contributed by atoms with E-state index in [2.05, 4.69) is 33.2 Å². The zero-order valence-electron chi connectivity index (χ0n) is 9.26. The predicted molar refractivity (Wildman–Crippen MR) is 68.0 cm³/mol. The summed E-state index contributed by atoms with van der Waals surface area (Å²) in [6.07, 6.45) is 3.94. The van der Waals surface area contributed by atoms with Crippen molar-refractivity contribution in [1.82, 2.24) is 4.98 Å². The maximum Gasteiger partial charge on any atom is 0.126 e. The number of nitrogens with one attached hydrogen (secondary N) is 1. The number of halogens is 1. The van der Waals surface area contributed by atoms with E-state index >= 15 is 0 Å². The molecule has 0 saturated heterocycles. The molecule has 1 atom stereocenters. The van der Waals surface area contributed by atoms with Gasteiger partial charge in [-0.3, -0.25) is 0 Å². The van der Waals surface area contributed by atoms with Gasteiger partial charge in [-0.2, -0.15) is 0 Å². The Labute approximate surface area is 99.6 Å². The first-order valence-electron chi connectivity index (χ1n) is 5.21. The van der Waals surface area contributed by atoms with Gasteiger partial charge in [0.1, 0.15) is 5.82 Å². The van der Waals surface area contributed by atoms with Crippen molar-refractivity contribution < 1.29 is 0 Å². The molecule has 0 saturated carbocycles. The minimum absolute atomic E-state index is 0.284. The predicted octanol–water partition coefficient (Wildman–Crippen LogP) is 2.69. The maximum absolute atomic E-state index is 5.67. The number of hydrogen-bond donors (Lipinski definition) is 2. The van der Waals surface area contributed by atoms with Crippen LogP contribution in [-0.2, 0) is 0 Å². The summed E-state index contributed by atoms with van der Waals surface area (Å²) in [5, 5.41) is 3.28. The highest BCUT2D eigenvalue weighted by Gasteiger charge is 1.98. The molecule has 1 unspecified atom stereocenters. The van der Waals surface area contributed by atoms with Gasteiger partial charge in [-0.1, -0.05) is 0 Å². The molecule has 0 radical (unpaired) electrons. The molecule has 4 heteroatoms. The number of hydrogen-bond acceptors (Lipinski definition) is 3. The molecular formula is C11H18BrN3. The highest BCUT2D eigenvalue weighted by molar-refractivity contribution is 9.10. The third kappa shape index (κ3) is 4.62. The maximum atomic E-state index is 5.67. The Kier molecular flexibility index (Phi) is 5.05. The highest BCUT2D eigenvalue weighted by Crippen LogP contribution is 2.17. The van der Waals surface area contributed by atoms with Crippen molar-refractivity contribution in [2.45, 2.75) is 32.7 Å². The number of nitrogens with zero attached hydrogens (tertiary/aromatic N) is 1. The standard InChI is InChI=1S/C11H18BrN3/c1-8-6-11(15-7-10(8)12)14-5-3-4-9(2)13/h6-7,9H,3-5,13H2,1-2H3,(H,14,15). The number of rotatable bonds is 5. The summed E-state index contributed by atoms with van der Waals surface area (Å²) in [7, 11) is 0. The molecule has 3 nitrogen and oxygen atoms in total. The zero-order chi connectivity index (χ0) is 11.3. The molecule has 15 heavy (non-hydrogen) atoms. The fraction of sp³-hybridized carbons (Fsp3) is 0.545. The first kappa shape index (κ1) is 12.5. The van der Waals surface area contributed by atoms with Crippen LogP contribution in [0.5, 0.6) is 0 Å². The van der Waals surface area contributed by atoms with E-state index in [1.807, 2.05) is 19.2 Å². The number of anilines is 1. The largest absolute Gasteiger partial charge is 0.370 e. The number of aryl methyl sites for hydroxylation is 1. The van der Waals surface area contributed by atoms with Gasteiger partial charge < -0.3 is 11.1 Å². The van der Waals surface area contributed by atoms with E-state index in [-0.39, 0.29) is 6.04 Å². The van der Waals surface area contributed by atoms with Crippen LogP contribution in [0.2, 0.25) is 0 Å². The van der Waals surface area contributed by atoms with Gasteiger partial charge in [0.15, 0.2) is 0 Å². The molecule has 0 bridgehead atoms. The van der Waals surface area contributed by atoms with Crippen LogP contribution < -0.4 is 11.1 Å². The van der Waals surface area contributed by atoms with Crippen molar-refractivity contribution in [3.8, 4) is 0 Å². The third-order valence-corrected chi connectivity index (χ3v) is 3.02. The Morgan fingerprint density at radius 2 is 2.33 bits per heavy atom. The van der Waals surface area contributed by atoms with Crippen LogP contribution in [0, 0.1) is 6.92 Å². The van der Waals surface area contributed by atoms with Crippen LogP contribution in [-0.4, -0.2) is 17.6 Å². The van der Waals surface area contributed by atoms with Gasteiger partial charge >= 0.3 is 0 Å². The van der Waals surface area contributed by atoms with E-state index in [1.54, 1.807) is 0 Å². The first-order valence-corrected chi connectivity index (χ1v) is 6.00. The average molecular weight is 272 g/mol. The molecule has 0 aliphatic heterocycles. The number of aromatic nitrogens is 1. The van der Waals surface area contributed by atoms with E-state index in [1.165, 1.54) is 5.56 Å². The molecule has 0 fully saturated rings.